The number of hydrogen-bond donors (Lipinski definition) is 2. The highest BCUT2D eigenvalue weighted by Gasteiger charge is 2.27. The Bertz CT molecular complexity index is 213. The minimum absolute atomic E-state index is 0.105. The van der Waals surface area contributed by atoms with E-state index in [9.17, 15) is 9.90 Å². The molecule has 4 nitrogen and oxygen atoms in total. The fourth-order valence-corrected chi connectivity index (χ4v) is 1.35. The van der Waals surface area contributed by atoms with Crippen molar-refractivity contribution in [2.75, 3.05) is 13.1 Å². The molecule has 0 radical (unpaired) electrons. The van der Waals surface area contributed by atoms with Gasteiger partial charge in [-0.25, -0.2) is 0 Å². The minimum atomic E-state index is -0.806. The Morgan fingerprint density at radius 3 is 1.93 bits per heavy atom. The molecule has 0 fully saturated rings. The average molecular weight is 217 g/mol. The first-order valence-electron chi connectivity index (χ1n) is 5.21. The van der Waals surface area contributed by atoms with Crippen molar-refractivity contribution in [2.45, 2.75) is 52.2 Å². The number of hydrogen-bond acceptors (Lipinski definition) is 3. The van der Waals surface area contributed by atoms with E-state index in [4.69, 9.17) is 5.11 Å². The highest BCUT2D eigenvalue weighted by atomic mass is 16.4. The van der Waals surface area contributed by atoms with E-state index in [1.807, 2.05) is 25.7 Å². The van der Waals surface area contributed by atoms with Crippen molar-refractivity contribution >= 4 is 5.97 Å². The van der Waals surface area contributed by atoms with Crippen molar-refractivity contribution in [1.82, 2.24) is 4.90 Å². The summed E-state index contributed by atoms with van der Waals surface area (Å²) in [6.07, 6.45) is 0.105. The summed E-state index contributed by atoms with van der Waals surface area (Å²) >= 11 is 0. The molecule has 4 heteroatoms. The summed E-state index contributed by atoms with van der Waals surface area (Å²) in [5.41, 5.74) is -0.929. The Kier molecular flexibility index (Phi) is 4.74. The van der Waals surface area contributed by atoms with E-state index >= 15 is 0 Å². The first-order chi connectivity index (χ1) is 6.52. The molecule has 0 unspecified atom stereocenters. The van der Waals surface area contributed by atoms with Gasteiger partial charge in [-0.1, -0.05) is 0 Å². The molecule has 0 atom stereocenters. The Morgan fingerprint density at radius 2 is 1.67 bits per heavy atom. The molecule has 15 heavy (non-hydrogen) atoms. The van der Waals surface area contributed by atoms with E-state index in [2.05, 4.69) is 0 Å². The van der Waals surface area contributed by atoms with Gasteiger partial charge in [0.15, 0.2) is 0 Å². The van der Waals surface area contributed by atoms with Crippen LogP contribution >= 0.6 is 0 Å². The zero-order valence-electron chi connectivity index (χ0n) is 10.4. The van der Waals surface area contributed by atoms with Crippen LogP contribution in [0, 0.1) is 0 Å². The Morgan fingerprint density at radius 1 is 1.20 bits per heavy atom. The predicted molar refractivity (Wildman–Crippen MR) is 59.9 cm³/mol. The van der Waals surface area contributed by atoms with Crippen molar-refractivity contribution in [1.29, 1.82) is 0 Å². The second-order valence-corrected chi connectivity index (χ2v) is 5.55. The molecule has 0 aliphatic rings. The molecule has 0 aromatic carbocycles. The number of aliphatic hydroxyl groups is 1. The SMILES string of the molecule is CC(C)(O)CN(CCC(=O)O)C(C)(C)C. The fourth-order valence-electron chi connectivity index (χ4n) is 1.35. The molecule has 90 valence electrons. The number of β-amino-alcohol motifs (C(OH)–C–C–N with tert-alkyl or cyclic N) is 1. The van der Waals surface area contributed by atoms with Gasteiger partial charge in [0.25, 0.3) is 0 Å². The van der Waals surface area contributed by atoms with E-state index in [0.29, 0.717) is 13.1 Å². The van der Waals surface area contributed by atoms with E-state index in [0.717, 1.165) is 0 Å². The molecular weight excluding hydrogens is 194 g/mol. The number of rotatable bonds is 5. The van der Waals surface area contributed by atoms with Gasteiger partial charge >= 0.3 is 5.97 Å². The molecule has 0 aliphatic heterocycles. The van der Waals surface area contributed by atoms with Gasteiger partial charge in [0, 0.05) is 18.6 Å². The van der Waals surface area contributed by atoms with E-state index in [-0.39, 0.29) is 12.0 Å². The quantitative estimate of drug-likeness (QED) is 0.729. The molecule has 0 saturated carbocycles. The van der Waals surface area contributed by atoms with E-state index in [1.54, 1.807) is 13.8 Å². The summed E-state index contributed by atoms with van der Waals surface area (Å²) < 4.78 is 0. The summed E-state index contributed by atoms with van der Waals surface area (Å²) in [4.78, 5) is 12.5. The van der Waals surface area contributed by atoms with Crippen LogP contribution in [0.2, 0.25) is 0 Å². The second kappa shape index (κ2) is 4.94. The van der Waals surface area contributed by atoms with Gasteiger partial charge in [-0.15, -0.1) is 0 Å². The van der Waals surface area contributed by atoms with Crippen molar-refractivity contribution < 1.29 is 15.0 Å². The van der Waals surface area contributed by atoms with E-state index in [1.165, 1.54) is 0 Å². The molecule has 0 bridgehead atoms. The summed E-state index contributed by atoms with van der Waals surface area (Å²) in [7, 11) is 0. The molecular formula is C11H23NO3. The molecule has 0 aromatic heterocycles. The number of carboxylic acids is 1. The summed E-state index contributed by atoms with van der Waals surface area (Å²) in [5.74, 6) is -0.806. The maximum Gasteiger partial charge on any atom is 0.304 e. The first-order valence-corrected chi connectivity index (χ1v) is 5.21. The largest absolute Gasteiger partial charge is 0.481 e. The van der Waals surface area contributed by atoms with Crippen molar-refractivity contribution in [3.63, 3.8) is 0 Å². The van der Waals surface area contributed by atoms with E-state index < -0.39 is 11.6 Å². The third kappa shape index (κ3) is 7.33. The van der Waals surface area contributed by atoms with Crippen LogP contribution in [-0.2, 0) is 4.79 Å². The maximum absolute atomic E-state index is 10.5. The normalized spacial score (nSPS) is 13.3. The molecule has 0 aromatic rings. The smallest absolute Gasteiger partial charge is 0.304 e. The molecule has 0 spiro atoms. The van der Waals surface area contributed by atoms with Crippen LogP contribution in [0.5, 0.6) is 0 Å². The second-order valence-electron chi connectivity index (χ2n) is 5.55. The lowest BCUT2D eigenvalue weighted by molar-refractivity contribution is -0.137. The predicted octanol–water partition coefficient (Wildman–Crippen LogP) is 1.33. The monoisotopic (exact) mass is 217 g/mol. The maximum atomic E-state index is 10.5. The number of aliphatic carboxylic acids is 1. The zero-order chi connectivity index (χ0) is 12.3. The fraction of sp³-hybridized carbons (Fsp3) is 0.909. The van der Waals surface area contributed by atoms with Crippen molar-refractivity contribution in [3.05, 3.63) is 0 Å². The topological polar surface area (TPSA) is 60.8 Å². The van der Waals surface area contributed by atoms with Crippen LogP contribution < -0.4 is 0 Å². The number of carboxylic acid groups (broad SMARTS) is 1. The van der Waals surface area contributed by atoms with Gasteiger partial charge in [-0.3, -0.25) is 9.69 Å². The lowest BCUT2D eigenvalue weighted by Gasteiger charge is -2.38. The summed E-state index contributed by atoms with van der Waals surface area (Å²) in [6.45, 7) is 10.4. The molecule has 2 N–H and O–H groups in total. The van der Waals surface area contributed by atoms with Gasteiger partial charge in [-0.05, 0) is 34.6 Å². The third-order valence-corrected chi connectivity index (χ3v) is 2.12. The standard InChI is InChI=1S/C11H23NO3/c1-10(2,3)12(7-6-9(13)14)8-11(4,5)15/h15H,6-8H2,1-5H3,(H,13,14). The molecule has 0 rings (SSSR count). The van der Waals surface area contributed by atoms with Crippen LogP contribution in [0.1, 0.15) is 41.0 Å². The zero-order valence-corrected chi connectivity index (χ0v) is 10.4. The molecule has 0 saturated heterocycles. The summed E-state index contributed by atoms with van der Waals surface area (Å²) in [5, 5.41) is 18.4. The molecule has 0 heterocycles. The summed E-state index contributed by atoms with van der Waals surface area (Å²) in [6, 6.07) is 0. The van der Waals surface area contributed by atoms with Gasteiger partial charge in [-0.2, -0.15) is 0 Å². The number of nitrogens with zero attached hydrogens (tertiary/aromatic N) is 1. The lowest BCUT2D eigenvalue weighted by Crippen LogP contribution is -2.49. The number of carbonyl (C=O) groups is 1. The van der Waals surface area contributed by atoms with Crippen LogP contribution in [0.4, 0.5) is 0 Å². The van der Waals surface area contributed by atoms with Crippen LogP contribution in [0.25, 0.3) is 0 Å². The van der Waals surface area contributed by atoms with Crippen molar-refractivity contribution in [2.24, 2.45) is 0 Å². The third-order valence-electron chi connectivity index (χ3n) is 2.12. The Labute approximate surface area is 91.9 Å². The average Bonchev–Trinajstić information content (AvgIpc) is 1.93. The van der Waals surface area contributed by atoms with Crippen LogP contribution in [0.3, 0.4) is 0 Å². The Hall–Kier alpha value is -0.610. The highest BCUT2D eigenvalue weighted by Crippen LogP contribution is 2.17. The van der Waals surface area contributed by atoms with Gasteiger partial charge in [0.1, 0.15) is 0 Å². The lowest BCUT2D eigenvalue weighted by atomic mass is 10.0. The van der Waals surface area contributed by atoms with Crippen molar-refractivity contribution in [3.8, 4) is 0 Å². The van der Waals surface area contributed by atoms with Gasteiger partial charge in [0.05, 0.1) is 12.0 Å². The molecule has 0 amide bonds. The van der Waals surface area contributed by atoms with Gasteiger partial charge < -0.3 is 10.2 Å². The van der Waals surface area contributed by atoms with Crippen LogP contribution in [-0.4, -0.2) is 45.3 Å². The minimum Gasteiger partial charge on any atom is -0.481 e. The first kappa shape index (κ1) is 14.4. The molecule has 0 aliphatic carbocycles. The Balaban J connectivity index is 4.40. The highest BCUT2D eigenvalue weighted by molar-refractivity contribution is 5.66. The van der Waals surface area contributed by atoms with Crippen LogP contribution in [0.15, 0.2) is 0 Å². The van der Waals surface area contributed by atoms with Gasteiger partial charge in [0.2, 0.25) is 0 Å².